The number of likely N-dealkylation sites (tertiary alicyclic amines) is 1. The highest BCUT2D eigenvalue weighted by Gasteiger charge is 2.31. The van der Waals surface area contributed by atoms with Gasteiger partial charge in [-0.1, -0.05) is 24.3 Å². The van der Waals surface area contributed by atoms with Gasteiger partial charge in [-0.3, -0.25) is 4.79 Å². The van der Waals surface area contributed by atoms with Gasteiger partial charge in [-0.15, -0.1) is 0 Å². The maximum Gasteiger partial charge on any atom is 0.224 e. The molecule has 4 rings (SSSR count). The first-order chi connectivity index (χ1) is 12.7. The number of hydrogen-bond donors (Lipinski definition) is 0. The Hall–Kier alpha value is -2.56. The Balaban J connectivity index is 1.57. The summed E-state index contributed by atoms with van der Waals surface area (Å²) >= 11 is 0. The Morgan fingerprint density at radius 1 is 1.08 bits per heavy atom. The van der Waals surface area contributed by atoms with Crippen molar-refractivity contribution < 1.29 is 13.9 Å². The molecule has 0 bridgehead atoms. The van der Waals surface area contributed by atoms with Crippen molar-refractivity contribution in [2.24, 2.45) is 0 Å². The summed E-state index contributed by atoms with van der Waals surface area (Å²) < 4.78 is 19.2. The molecule has 1 unspecified atom stereocenters. The molecule has 136 valence electrons. The van der Waals surface area contributed by atoms with E-state index in [1.54, 1.807) is 12.1 Å². The van der Waals surface area contributed by atoms with Gasteiger partial charge >= 0.3 is 0 Å². The number of carbonyl (C=O) groups is 1. The lowest BCUT2D eigenvalue weighted by Crippen LogP contribution is -2.46. The van der Waals surface area contributed by atoms with E-state index in [0.717, 1.165) is 42.9 Å². The van der Waals surface area contributed by atoms with Crippen molar-refractivity contribution in [3.05, 3.63) is 59.9 Å². The molecule has 2 aliphatic rings. The molecule has 2 aromatic rings. The summed E-state index contributed by atoms with van der Waals surface area (Å²) in [5, 5.41) is 0. The molecule has 0 saturated carbocycles. The van der Waals surface area contributed by atoms with Crippen molar-refractivity contribution in [1.82, 2.24) is 4.90 Å². The monoisotopic (exact) mass is 354 g/mol. The Morgan fingerprint density at radius 2 is 1.81 bits per heavy atom. The van der Waals surface area contributed by atoms with Crippen molar-refractivity contribution in [3.63, 3.8) is 0 Å². The molecule has 1 saturated heterocycles. The van der Waals surface area contributed by atoms with Gasteiger partial charge in [0.25, 0.3) is 0 Å². The van der Waals surface area contributed by atoms with Crippen molar-refractivity contribution in [3.8, 4) is 5.75 Å². The Bertz CT molecular complexity index is 772. The normalized spacial score (nSPS) is 19.2. The molecule has 0 aromatic heterocycles. The number of amides is 1. The molecule has 4 nitrogen and oxygen atoms in total. The van der Waals surface area contributed by atoms with Crippen LogP contribution >= 0.6 is 0 Å². The van der Waals surface area contributed by atoms with Crippen molar-refractivity contribution in [2.75, 3.05) is 24.6 Å². The van der Waals surface area contributed by atoms with Gasteiger partial charge in [-0.05, 0) is 42.7 Å². The number of ether oxygens (including phenoxy) is 1. The molecule has 0 aliphatic carbocycles. The van der Waals surface area contributed by atoms with E-state index in [1.165, 1.54) is 12.1 Å². The standard InChI is InChI=1S/C21H23FN2O2/c22-17-9-7-16(8-10-17)14-24-18(13-21(25)23-11-3-4-12-23)15-26-20-6-2-1-5-19(20)24/h1-2,5-10,18H,3-4,11-15H2. The molecular formula is C21H23FN2O2. The molecule has 1 atom stereocenters. The third-order valence-corrected chi connectivity index (χ3v) is 5.18. The maximum atomic E-state index is 13.2. The predicted octanol–water partition coefficient (Wildman–Crippen LogP) is 3.61. The van der Waals surface area contributed by atoms with Gasteiger partial charge in [0.15, 0.2) is 0 Å². The summed E-state index contributed by atoms with van der Waals surface area (Å²) in [5.41, 5.74) is 2.00. The zero-order valence-corrected chi connectivity index (χ0v) is 14.7. The van der Waals surface area contributed by atoms with Crippen LogP contribution in [0.4, 0.5) is 10.1 Å². The molecule has 0 spiro atoms. The van der Waals surface area contributed by atoms with E-state index in [-0.39, 0.29) is 17.8 Å². The van der Waals surface area contributed by atoms with Crippen LogP contribution < -0.4 is 9.64 Å². The average Bonchev–Trinajstić information content (AvgIpc) is 3.20. The van der Waals surface area contributed by atoms with Crippen molar-refractivity contribution >= 4 is 11.6 Å². The fourth-order valence-corrected chi connectivity index (χ4v) is 3.76. The van der Waals surface area contributed by atoms with Crippen LogP contribution in [0.1, 0.15) is 24.8 Å². The van der Waals surface area contributed by atoms with E-state index < -0.39 is 0 Å². The van der Waals surface area contributed by atoms with E-state index in [2.05, 4.69) is 4.90 Å². The largest absolute Gasteiger partial charge is 0.489 e. The highest BCUT2D eigenvalue weighted by atomic mass is 19.1. The van der Waals surface area contributed by atoms with Crippen LogP contribution in [0.5, 0.6) is 5.75 Å². The quantitative estimate of drug-likeness (QED) is 0.841. The number of nitrogens with zero attached hydrogens (tertiary/aromatic N) is 2. The summed E-state index contributed by atoms with van der Waals surface area (Å²) in [6, 6.07) is 14.4. The van der Waals surface area contributed by atoms with E-state index in [0.29, 0.717) is 19.6 Å². The fraction of sp³-hybridized carbons (Fsp3) is 0.381. The minimum Gasteiger partial charge on any atom is -0.489 e. The molecular weight excluding hydrogens is 331 g/mol. The molecule has 0 N–H and O–H groups in total. The van der Waals surface area contributed by atoms with E-state index >= 15 is 0 Å². The number of carbonyl (C=O) groups excluding carboxylic acids is 1. The smallest absolute Gasteiger partial charge is 0.224 e. The number of halogens is 1. The summed E-state index contributed by atoms with van der Waals surface area (Å²) in [6.07, 6.45) is 2.62. The maximum absolute atomic E-state index is 13.2. The second-order valence-corrected chi connectivity index (χ2v) is 6.98. The molecule has 1 amide bonds. The number of benzene rings is 2. The second kappa shape index (κ2) is 7.36. The van der Waals surface area contributed by atoms with Gasteiger partial charge in [0.2, 0.25) is 5.91 Å². The predicted molar refractivity (Wildman–Crippen MR) is 98.7 cm³/mol. The lowest BCUT2D eigenvalue weighted by Gasteiger charge is -2.39. The lowest BCUT2D eigenvalue weighted by molar-refractivity contribution is -0.130. The van der Waals surface area contributed by atoms with Gasteiger partial charge in [0.05, 0.1) is 18.2 Å². The lowest BCUT2D eigenvalue weighted by atomic mass is 10.1. The minimum absolute atomic E-state index is 0.0250. The first kappa shape index (κ1) is 16.9. The number of para-hydroxylation sites is 2. The summed E-state index contributed by atoms with van der Waals surface area (Å²) in [5.74, 6) is 0.788. The van der Waals surface area contributed by atoms with Crippen LogP contribution in [-0.2, 0) is 11.3 Å². The van der Waals surface area contributed by atoms with Crippen LogP contribution in [0.25, 0.3) is 0 Å². The molecule has 2 aromatic carbocycles. The first-order valence-corrected chi connectivity index (χ1v) is 9.21. The van der Waals surface area contributed by atoms with Gasteiger partial charge in [0.1, 0.15) is 18.2 Å². The fourth-order valence-electron chi connectivity index (χ4n) is 3.76. The molecule has 5 heteroatoms. The van der Waals surface area contributed by atoms with Crippen LogP contribution in [0.15, 0.2) is 48.5 Å². The highest BCUT2D eigenvalue weighted by molar-refractivity contribution is 5.78. The Morgan fingerprint density at radius 3 is 2.58 bits per heavy atom. The van der Waals surface area contributed by atoms with Crippen LogP contribution in [0, 0.1) is 5.82 Å². The summed E-state index contributed by atoms with van der Waals surface area (Å²) in [4.78, 5) is 16.8. The topological polar surface area (TPSA) is 32.8 Å². The summed E-state index contributed by atoms with van der Waals surface area (Å²) in [6.45, 7) is 2.83. The SMILES string of the molecule is O=C(CC1COc2ccccc2N1Cc1ccc(F)cc1)N1CCCC1. The highest BCUT2D eigenvalue weighted by Crippen LogP contribution is 2.35. The van der Waals surface area contributed by atoms with E-state index in [9.17, 15) is 9.18 Å². The Kier molecular flexibility index (Phi) is 4.78. The first-order valence-electron chi connectivity index (χ1n) is 9.21. The zero-order valence-electron chi connectivity index (χ0n) is 14.7. The van der Waals surface area contributed by atoms with E-state index in [1.807, 2.05) is 29.2 Å². The van der Waals surface area contributed by atoms with Gasteiger partial charge < -0.3 is 14.5 Å². The summed E-state index contributed by atoms with van der Waals surface area (Å²) in [7, 11) is 0. The zero-order chi connectivity index (χ0) is 17.9. The van der Waals surface area contributed by atoms with Crippen LogP contribution in [0.2, 0.25) is 0 Å². The van der Waals surface area contributed by atoms with Crippen molar-refractivity contribution in [1.29, 1.82) is 0 Å². The number of hydrogen-bond acceptors (Lipinski definition) is 3. The third-order valence-electron chi connectivity index (χ3n) is 5.18. The van der Waals surface area contributed by atoms with Gasteiger partial charge in [-0.2, -0.15) is 0 Å². The molecule has 1 fully saturated rings. The number of fused-ring (bicyclic) bond motifs is 1. The van der Waals surface area contributed by atoms with Crippen LogP contribution in [-0.4, -0.2) is 36.5 Å². The molecule has 2 aliphatic heterocycles. The molecule has 0 radical (unpaired) electrons. The third kappa shape index (κ3) is 3.52. The van der Waals surface area contributed by atoms with E-state index in [4.69, 9.17) is 4.74 Å². The average molecular weight is 354 g/mol. The van der Waals surface area contributed by atoms with Gasteiger partial charge in [-0.25, -0.2) is 4.39 Å². The van der Waals surface area contributed by atoms with Gasteiger partial charge in [0, 0.05) is 19.6 Å². The van der Waals surface area contributed by atoms with Crippen molar-refractivity contribution in [2.45, 2.75) is 31.8 Å². The second-order valence-electron chi connectivity index (χ2n) is 6.98. The van der Waals surface area contributed by atoms with Crippen LogP contribution in [0.3, 0.4) is 0 Å². The molecule has 26 heavy (non-hydrogen) atoms. The Labute approximate surface area is 153 Å². The molecule has 2 heterocycles. The number of anilines is 1. The number of rotatable bonds is 4. The minimum atomic E-state index is -0.239.